The molecule has 5 heterocycles. The Kier molecular flexibility index (Phi) is 23.4. The lowest BCUT2D eigenvalue weighted by molar-refractivity contribution is -0.137. The summed E-state index contributed by atoms with van der Waals surface area (Å²) in [5.41, 5.74) is 5.74. The number of aliphatic hydroxyl groups is 2. The lowest BCUT2D eigenvalue weighted by atomic mass is 9.80. The van der Waals surface area contributed by atoms with Gasteiger partial charge in [0.15, 0.2) is 11.3 Å². The van der Waals surface area contributed by atoms with Crippen molar-refractivity contribution in [1.29, 1.82) is 0 Å². The number of nitrogens with two attached hydrogens (primary N) is 1. The molecule has 8 amide bonds. The molecule has 4 bridgehead atoms. The Balaban J connectivity index is 0.940. The number of nitrogens with zero attached hydrogens (tertiary/aromatic N) is 3. The highest BCUT2D eigenvalue weighted by Crippen LogP contribution is 2.51. The number of methoxy groups -OCH3 is 1. The van der Waals surface area contributed by atoms with Gasteiger partial charge in [-0.05, 0) is 106 Å². The molecule has 1 fully saturated rings. The number of allylic oxidation sites excluding steroid dienone is 3. The van der Waals surface area contributed by atoms with Crippen molar-refractivity contribution >= 4 is 86.2 Å². The Labute approximate surface area is 573 Å². The second kappa shape index (κ2) is 31.5. The number of ketones is 1. The van der Waals surface area contributed by atoms with Gasteiger partial charge in [0.2, 0.25) is 23.2 Å². The van der Waals surface area contributed by atoms with E-state index in [1.807, 2.05) is 32.1 Å². The quantitative estimate of drug-likeness (QED) is 0.0162. The number of anilines is 3. The number of urea groups is 1. The second-order valence-corrected chi connectivity index (χ2v) is 27.1. The standard InChI is InChI=1S/C73H91N9O17/c1-37(2)58(78-52(84)19-12-11-13-30-82-53(85)24-25-54(82)86)71(94)77-48(18-15-29-75-72(74)95)70(93)76-46-22-20-44(21-23-46)45-26-31-81(32-27-45)47-35-49(83)59-51(36-47)98-67-60(79-59)55-56-64(89)43(8)66-57(55)68(91)73(9,99-66)97-33-28-50(96-10)41(6)63(88)42(7)62(87)40(5)34-38(3)16-14-17-39(4)69(92)80-61(67)65(56)90/h14,16-17,20-25,28,33,35-38,40-42,45,48,50,58,62-63,83,87-89H,11-13,15,18-19,26-27,29-32,34H2,1-10H3,(H,76,93)(H,77,94)(H,78,84)(H,80,92)(H3,74,75,95)/b16-14+,33-28+,39-17-/t38-,40+,41+,42+,48-,50-,58?,62+,63+,73-/m0/s1. The van der Waals surface area contributed by atoms with E-state index in [0.29, 0.717) is 63.0 Å². The molecule has 1 unspecified atom stereocenters. The second-order valence-electron chi connectivity index (χ2n) is 27.1. The number of benzene rings is 4. The highest BCUT2D eigenvalue weighted by atomic mass is 16.7. The van der Waals surface area contributed by atoms with Crippen LogP contribution in [0, 0.1) is 36.5 Å². The summed E-state index contributed by atoms with van der Waals surface area (Å²) in [4.78, 5) is 128. The van der Waals surface area contributed by atoms with Crippen LogP contribution in [0.5, 0.6) is 17.2 Å². The van der Waals surface area contributed by atoms with Crippen LogP contribution in [0.25, 0.3) is 33.3 Å². The van der Waals surface area contributed by atoms with Crippen molar-refractivity contribution < 1.29 is 77.4 Å². The number of phenolic OH excluding ortho intramolecular Hbond substituents is 2. The molecule has 6 aliphatic rings. The number of aliphatic hydroxyl groups excluding tert-OH is 2. The van der Waals surface area contributed by atoms with Crippen molar-refractivity contribution in [1.82, 2.24) is 25.8 Å². The third-order valence-electron chi connectivity index (χ3n) is 19.4. The van der Waals surface area contributed by atoms with Gasteiger partial charge >= 0.3 is 11.8 Å². The maximum atomic E-state index is 15.1. The summed E-state index contributed by atoms with van der Waals surface area (Å²) in [6.45, 7) is 16.7. The number of fused-ring (bicyclic) bond motifs is 2. The van der Waals surface area contributed by atoms with Gasteiger partial charge < -0.3 is 76.3 Å². The van der Waals surface area contributed by atoms with E-state index < -0.39 is 94.4 Å². The first-order chi connectivity index (χ1) is 47.0. The Hall–Kier alpha value is -9.66. The molecular formula is C73H91N9O17. The highest BCUT2D eigenvalue weighted by Gasteiger charge is 2.50. The zero-order chi connectivity index (χ0) is 71.9. The van der Waals surface area contributed by atoms with E-state index in [1.165, 1.54) is 51.5 Å². The number of unbranched alkanes of at least 4 members (excludes halogenated alkanes) is 2. The first-order valence-corrected chi connectivity index (χ1v) is 33.8. The number of piperidine rings is 1. The van der Waals surface area contributed by atoms with E-state index in [1.54, 1.807) is 65.0 Å². The maximum absolute atomic E-state index is 15.1. The molecule has 0 saturated carbocycles. The number of nitrogens with one attached hydrogen (secondary N) is 5. The van der Waals surface area contributed by atoms with E-state index in [4.69, 9.17) is 29.3 Å². The van der Waals surface area contributed by atoms with Crippen molar-refractivity contribution in [2.24, 2.45) is 35.3 Å². The number of amides is 8. The number of hydrogen-bond donors (Lipinski definition) is 10. The van der Waals surface area contributed by atoms with Gasteiger partial charge in [0, 0.05) is 111 Å². The Morgan fingerprint density at radius 2 is 1.57 bits per heavy atom. The number of ether oxygens (including phenoxy) is 3. The molecule has 99 heavy (non-hydrogen) atoms. The smallest absolute Gasteiger partial charge is 0.312 e. The van der Waals surface area contributed by atoms with Crippen molar-refractivity contribution in [2.75, 3.05) is 48.8 Å². The van der Waals surface area contributed by atoms with Gasteiger partial charge in [-0.2, -0.15) is 0 Å². The summed E-state index contributed by atoms with van der Waals surface area (Å²) in [6.07, 6.45) is 11.5. The molecule has 26 nitrogen and oxygen atoms in total. The van der Waals surface area contributed by atoms with Crippen LogP contribution in [0.3, 0.4) is 0 Å². The minimum Gasteiger partial charge on any atom is -0.507 e. The van der Waals surface area contributed by atoms with Crippen LogP contribution in [-0.2, 0) is 38.2 Å². The van der Waals surface area contributed by atoms with E-state index in [-0.39, 0.29) is 135 Å². The van der Waals surface area contributed by atoms with Crippen LogP contribution in [0.1, 0.15) is 141 Å². The Morgan fingerprint density at radius 3 is 2.23 bits per heavy atom. The molecule has 1 aliphatic carbocycles. The SMILES string of the molecule is CO[C@H]1/C=C/O[C@@]2(C)Oc3c(C)c(O)c4c(=O)c(c5oc6cc(N7CCC(c8ccc(NC(=O)[C@H](CCCNC(N)=O)NC(=O)C(NC(=O)CCCCCN9C(=O)C=CC9=O)C(C)C)cc8)CC7)cc(O)c6nc-5c4c3C2=O)NC(=O)/C(C)=C\C=C\[C@H](C)C[C@@H](C)[C@@H](O)[C@@H](C)[C@H](O)[C@@H]1C. The summed E-state index contributed by atoms with van der Waals surface area (Å²) in [7, 11) is 1.45. The number of primary amides is 1. The number of rotatable bonds is 19. The number of phenols is 2. The molecule has 5 aliphatic heterocycles. The van der Waals surface area contributed by atoms with Gasteiger partial charge in [-0.15, -0.1) is 0 Å². The largest absolute Gasteiger partial charge is 0.507 e. The molecule has 530 valence electrons. The van der Waals surface area contributed by atoms with Gasteiger partial charge in [-0.3, -0.25) is 43.3 Å². The fourth-order valence-corrected chi connectivity index (χ4v) is 13.5. The van der Waals surface area contributed by atoms with E-state index >= 15 is 4.79 Å². The minimum atomic E-state index is -2.10. The Morgan fingerprint density at radius 1 is 0.869 bits per heavy atom. The van der Waals surface area contributed by atoms with Crippen molar-refractivity contribution in [2.45, 2.75) is 162 Å². The molecule has 11 N–H and O–H groups in total. The molecule has 26 heteroatoms. The lowest BCUT2D eigenvalue weighted by Gasteiger charge is -2.34. The molecule has 1 saturated heterocycles. The number of Topliss-reactive ketones (excluding diaryl/α,β-unsaturated/α-hetero) is 1. The van der Waals surface area contributed by atoms with Gasteiger partial charge in [0.05, 0.1) is 35.5 Å². The van der Waals surface area contributed by atoms with E-state index in [2.05, 4.69) is 31.5 Å². The molecule has 3 aromatic rings. The predicted octanol–water partition coefficient (Wildman–Crippen LogP) is 8.00. The number of aromatic nitrogens is 1. The zero-order valence-corrected chi connectivity index (χ0v) is 57.6. The van der Waals surface area contributed by atoms with Crippen molar-refractivity contribution in [3.8, 4) is 28.7 Å². The average molecular weight is 1370 g/mol. The fourth-order valence-electron chi connectivity index (χ4n) is 13.5. The van der Waals surface area contributed by atoms with Gasteiger partial charge in [0.1, 0.15) is 46.2 Å². The summed E-state index contributed by atoms with van der Waals surface area (Å²) in [5.74, 6) is -8.84. The lowest BCUT2D eigenvalue weighted by Crippen LogP contribution is -2.54. The molecule has 9 rings (SSSR count). The fraction of sp³-hybridized carbons (Fsp3) is 0.479. The Bertz CT molecular complexity index is 4060. The van der Waals surface area contributed by atoms with Gasteiger partial charge in [0.25, 0.3) is 23.5 Å². The molecule has 0 spiro atoms. The number of carbonyl (C=O) groups is 8. The third kappa shape index (κ3) is 16.4. The third-order valence-corrected chi connectivity index (χ3v) is 19.4. The molecule has 0 aromatic heterocycles. The zero-order valence-electron chi connectivity index (χ0n) is 57.6. The summed E-state index contributed by atoms with van der Waals surface area (Å²) in [5, 5.41) is 60.1. The average Bonchev–Trinajstić information content (AvgIpc) is 1.68. The van der Waals surface area contributed by atoms with Gasteiger partial charge in [-0.1, -0.05) is 78.3 Å². The highest BCUT2D eigenvalue weighted by molar-refractivity contribution is 6.22. The van der Waals surface area contributed by atoms with E-state index in [9.17, 15) is 58.8 Å². The number of hydrogen-bond acceptors (Lipinski definition) is 19. The topological polar surface area (TPSA) is 381 Å². The van der Waals surface area contributed by atoms with Crippen molar-refractivity contribution in [3.05, 3.63) is 112 Å². The van der Waals surface area contributed by atoms with Gasteiger partial charge in [-0.25, -0.2) is 9.78 Å². The minimum absolute atomic E-state index is 0.00921. The number of aromatic hydroxyl groups is 2. The summed E-state index contributed by atoms with van der Waals surface area (Å²) >= 11 is 0. The van der Waals surface area contributed by atoms with Crippen LogP contribution in [0.4, 0.5) is 21.9 Å². The molecule has 10 atom stereocenters. The monoisotopic (exact) mass is 1370 g/mol. The maximum Gasteiger partial charge on any atom is 0.312 e. The van der Waals surface area contributed by atoms with Crippen molar-refractivity contribution in [3.63, 3.8) is 0 Å². The summed E-state index contributed by atoms with van der Waals surface area (Å²) in [6, 6.07) is 7.72. The van der Waals surface area contributed by atoms with Crippen LogP contribution < -0.4 is 47.4 Å². The first-order valence-electron chi connectivity index (χ1n) is 33.8. The van der Waals surface area contributed by atoms with Crippen LogP contribution in [0.2, 0.25) is 0 Å². The van der Waals surface area contributed by atoms with E-state index in [0.717, 1.165) is 10.5 Å². The number of imide groups is 1. The summed E-state index contributed by atoms with van der Waals surface area (Å²) < 4.78 is 24.8. The van der Waals surface area contributed by atoms with Crippen LogP contribution in [-0.4, -0.2) is 147 Å². The molecular weight excluding hydrogens is 1270 g/mol. The predicted molar refractivity (Wildman–Crippen MR) is 371 cm³/mol. The van der Waals surface area contributed by atoms with Crippen LogP contribution >= 0.6 is 0 Å². The molecule has 3 aromatic carbocycles. The number of carbonyl (C=O) groups excluding carboxylic acids is 8. The first kappa shape index (κ1) is 73.6. The van der Waals surface area contributed by atoms with Crippen LogP contribution in [0.15, 0.2) is 93.9 Å². The normalized spacial score (nSPS) is 24.3. The molecule has 0 radical (unpaired) electrons.